The number of anilines is 2. The molecular weight excluding hydrogens is 331 g/mol. The van der Waals surface area contributed by atoms with Crippen molar-refractivity contribution in [1.82, 2.24) is 0 Å². The number of carbonyl (C=O) groups excluding carboxylic acids is 2. The molecule has 21 heavy (non-hydrogen) atoms. The Bertz CT molecular complexity index is 666. The van der Waals surface area contributed by atoms with Crippen LogP contribution in [0.25, 0.3) is 0 Å². The second-order valence-corrected chi connectivity index (χ2v) is 5.82. The molecule has 2 aromatic rings. The van der Waals surface area contributed by atoms with Gasteiger partial charge in [0, 0.05) is 6.92 Å². The van der Waals surface area contributed by atoms with Gasteiger partial charge in [-0.3, -0.25) is 4.79 Å². The van der Waals surface area contributed by atoms with Crippen LogP contribution in [0.3, 0.4) is 0 Å². The summed E-state index contributed by atoms with van der Waals surface area (Å²) in [6.07, 6.45) is 0. The molecule has 5 nitrogen and oxygen atoms in total. The Labute approximate surface area is 128 Å². The molecule has 0 fully saturated rings. The first kappa shape index (κ1) is 15.1. The molecule has 0 heterocycles. The van der Waals surface area contributed by atoms with Crippen molar-refractivity contribution in [2.45, 2.75) is 6.92 Å². The van der Waals surface area contributed by atoms with E-state index in [1.54, 1.807) is 48.5 Å². The Hall–Kier alpha value is -2.26. The van der Waals surface area contributed by atoms with E-state index in [9.17, 15) is 13.3 Å². The Morgan fingerprint density at radius 3 is 1.86 bits per heavy atom. The normalized spacial score (nSPS) is 10.1. The third kappa shape index (κ3) is 4.36. The van der Waals surface area contributed by atoms with Gasteiger partial charge >= 0.3 is 116 Å². The predicted octanol–water partition coefficient (Wildman–Crippen LogP) is 1.57. The zero-order valence-corrected chi connectivity index (χ0v) is 13.2. The van der Waals surface area contributed by atoms with Gasteiger partial charge in [-0.1, -0.05) is 0 Å². The molecule has 2 amide bonds. The van der Waals surface area contributed by atoms with E-state index < -0.39 is 15.7 Å². The zero-order valence-electron chi connectivity index (χ0n) is 11.3. The van der Waals surface area contributed by atoms with Gasteiger partial charge in [0.25, 0.3) is 0 Å². The van der Waals surface area contributed by atoms with Crippen molar-refractivity contribution >= 4 is 43.2 Å². The van der Waals surface area contributed by atoms with E-state index in [4.69, 9.17) is 0 Å². The van der Waals surface area contributed by atoms with Crippen molar-refractivity contribution in [3.63, 3.8) is 0 Å². The molecule has 106 valence electrons. The molecule has 2 aromatic carbocycles. The zero-order chi connectivity index (χ0) is 15.2. The fourth-order valence-electron chi connectivity index (χ4n) is 1.72. The molecule has 0 aliphatic carbocycles. The second-order valence-electron chi connectivity index (χ2n) is 4.35. The summed E-state index contributed by atoms with van der Waals surface area (Å²) in [4.78, 5) is 22.9. The second kappa shape index (κ2) is 6.95. The van der Waals surface area contributed by atoms with Gasteiger partial charge in [-0.25, -0.2) is 0 Å². The summed E-state index contributed by atoms with van der Waals surface area (Å²) >= 11 is -1.07. The van der Waals surface area contributed by atoms with E-state index in [2.05, 4.69) is 10.6 Å². The summed E-state index contributed by atoms with van der Waals surface area (Å²) < 4.78 is 11.5. The molecule has 0 spiro atoms. The van der Waals surface area contributed by atoms with Crippen LogP contribution >= 0.6 is 0 Å². The number of rotatable bonds is 4. The molecule has 0 saturated carbocycles. The van der Waals surface area contributed by atoms with Gasteiger partial charge in [0.1, 0.15) is 0 Å². The minimum absolute atomic E-state index is 0.146. The third-order valence-electron chi connectivity index (χ3n) is 2.70. The average molecular weight is 344 g/mol. The van der Waals surface area contributed by atoms with Crippen LogP contribution in [0.4, 0.5) is 11.4 Å². The first-order chi connectivity index (χ1) is 10.1. The Kier molecular flexibility index (Phi) is 5.01. The van der Waals surface area contributed by atoms with Gasteiger partial charge in [-0.05, 0) is 0 Å². The quantitative estimate of drug-likeness (QED) is 0.827. The summed E-state index contributed by atoms with van der Waals surface area (Å²) in [6.45, 7) is 1.43. The molecule has 0 aromatic heterocycles. The molecule has 0 radical (unpaired) electrons. The molecule has 2 N–H and O–H groups in total. The van der Waals surface area contributed by atoms with Crippen LogP contribution in [0.2, 0.25) is 0 Å². The van der Waals surface area contributed by atoms with Crippen molar-refractivity contribution in [3.8, 4) is 0 Å². The SMILES string of the molecule is CC(=O)Nc1ccc(NC(=O)c2ccc([As]=O)cc2)cc1. The summed E-state index contributed by atoms with van der Waals surface area (Å²) in [5.41, 5.74) is 1.80. The summed E-state index contributed by atoms with van der Waals surface area (Å²) in [7, 11) is 0. The van der Waals surface area contributed by atoms with Crippen LogP contribution in [0.1, 0.15) is 17.3 Å². The summed E-state index contributed by atoms with van der Waals surface area (Å²) in [5.74, 6) is -0.386. The molecule has 0 saturated heterocycles. The maximum absolute atomic E-state index is 12.0. The first-order valence-electron chi connectivity index (χ1n) is 6.21. The van der Waals surface area contributed by atoms with Gasteiger partial charge in [0.2, 0.25) is 0 Å². The van der Waals surface area contributed by atoms with E-state index in [0.717, 1.165) is 4.35 Å². The Balaban J connectivity index is 2.04. The molecule has 0 atom stereocenters. The van der Waals surface area contributed by atoms with Crippen LogP contribution in [-0.2, 0) is 8.53 Å². The fraction of sp³-hybridized carbons (Fsp3) is 0.0667. The molecule has 0 aliphatic heterocycles. The van der Waals surface area contributed by atoms with Gasteiger partial charge in [0.15, 0.2) is 0 Å². The van der Waals surface area contributed by atoms with Crippen LogP contribution < -0.4 is 15.0 Å². The third-order valence-corrected chi connectivity index (χ3v) is 3.77. The van der Waals surface area contributed by atoms with E-state index in [1.807, 2.05) is 0 Å². The number of benzene rings is 2. The number of hydrogen-bond donors (Lipinski definition) is 2. The molecule has 6 heteroatoms. The molecule has 2 rings (SSSR count). The van der Waals surface area contributed by atoms with Crippen LogP contribution in [-0.4, -0.2) is 27.5 Å². The van der Waals surface area contributed by atoms with E-state index in [0.29, 0.717) is 16.9 Å². The molecule has 0 unspecified atom stereocenters. The van der Waals surface area contributed by atoms with Crippen LogP contribution in [0, 0.1) is 0 Å². The Morgan fingerprint density at radius 2 is 1.38 bits per heavy atom. The predicted molar refractivity (Wildman–Crippen MR) is 81.2 cm³/mol. The number of hydrogen-bond acceptors (Lipinski definition) is 3. The molecule has 0 bridgehead atoms. The molecule has 0 aliphatic rings. The summed E-state index contributed by atoms with van der Waals surface area (Å²) in [5, 5.41) is 5.41. The summed E-state index contributed by atoms with van der Waals surface area (Å²) in [6, 6.07) is 13.5. The van der Waals surface area contributed by atoms with Crippen molar-refractivity contribution in [1.29, 1.82) is 0 Å². The number of nitrogens with one attached hydrogen (secondary N) is 2. The maximum atomic E-state index is 12.0. The first-order valence-corrected chi connectivity index (χ1v) is 7.91. The van der Waals surface area contributed by atoms with Crippen LogP contribution in [0.15, 0.2) is 48.5 Å². The van der Waals surface area contributed by atoms with Crippen molar-refractivity contribution < 1.29 is 13.3 Å². The van der Waals surface area contributed by atoms with Gasteiger partial charge in [-0.2, -0.15) is 0 Å². The van der Waals surface area contributed by atoms with Gasteiger partial charge < -0.3 is 0 Å². The van der Waals surface area contributed by atoms with Crippen molar-refractivity contribution in [2.75, 3.05) is 10.6 Å². The number of amides is 2. The van der Waals surface area contributed by atoms with E-state index in [1.165, 1.54) is 6.92 Å². The monoisotopic (exact) mass is 344 g/mol. The van der Waals surface area contributed by atoms with Gasteiger partial charge in [-0.15, -0.1) is 0 Å². The average Bonchev–Trinajstić information content (AvgIpc) is 2.49. The van der Waals surface area contributed by atoms with Crippen LogP contribution in [0.5, 0.6) is 0 Å². The minimum atomic E-state index is -1.07. The molecular formula is C15H13AsN2O3. The van der Waals surface area contributed by atoms with Crippen molar-refractivity contribution in [3.05, 3.63) is 54.1 Å². The van der Waals surface area contributed by atoms with Crippen molar-refractivity contribution in [2.24, 2.45) is 0 Å². The van der Waals surface area contributed by atoms with Gasteiger partial charge in [0.05, 0.1) is 0 Å². The standard InChI is InChI=1S/C15H13AsN2O3/c1-10(19)17-13-6-8-14(9-7-13)18-15(20)11-2-4-12(16-21)5-3-11/h2-9H,1H3,(H,17,19)(H,18,20). The fourth-order valence-corrected chi connectivity index (χ4v) is 2.29. The Morgan fingerprint density at radius 1 is 0.857 bits per heavy atom. The number of carbonyl (C=O) groups is 2. The van der Waals surface area contributed by atoms with E-state index in [-0.39, 0.29) is 11.8 Å². The topological polar surface area (TPSA) is 75.3 Å². The van der Waals surface area contributed by atoms with E-state index >= 15 is 0 Å².